The highest BCUT2D eigenvalue weighted by atomic mass is 32.2. The fourth-order valence-corrected chi connectivity index (χ4v) is 6.48. The monoisotopic (exact) mass is 461 g/mol. The van der Waals surface area contributed by atoms with E-state index >= 15 is 0 Å². The Bertz CT molecular complexity index is 1180. The van der Waals surface area contributed by atoms with Gasteiger partial charge in [0.05, 0.1) is 23.5 Å². The first-order valence-corrected chi connectivity index (χ1v) is 13.0. The Morgan fingerprint density at radius 3 is 2.65 bits per heavy atom. The van der Waals surface area contributed by atoms with Crippen LogP contribution in [-0.4, -0.2) is 68.7 Å². The molecular formula is C21H27N5O3S2. The highest BCUT2D eigenvalue weighted by molar-refractivity contribution is 7.89. The summed E-state index contributed by atoms with van der Waals surface area (Å²) in [6, 6.07) is 6.21. The van der Waals surface area contributed by atoms with Gasteiger partial charge >= 0.3 is 0 Å². The van der Waals surface area contributed by atoms with Crippen LogP contribution in [0.15, 0.2) is 29.4 Å². The SMILES string of the molecule is CNS(=O)(=O)c1ccc2sc3ncnc(N[C@H]4CC[C@H](N5CCOCC5)CC4)c3c2c1. The molecule has 3 heterocycles. The fourth-order valence-electron chi connectivity index (χ4n) is 4.70. The van der Waals surface area contributed by atoms with E-state index in [2.05, 4.69) is 24.9 Å². The number of hydrogen-bond acceptors (Lipinski definition) is 8. The Morgan fingerprint density at radius 2 is 1.90 bits per heavy atom. The lowest BCUT2D eigenvalue weighted by Gasteiger charge is -2.39. The molecule has 8 nitrogen and oxygen atoms in total. The molecule has 0 unspecified atom stereocenters. The molecule has 1 aromatic carbocycles. The molecule has 0 radical (unpaired) electrons. The van der Waals surface area contributed by atoms with Gasteiger partial charge in [0.15, 0.2) is 0 Å². The Morgan fingerprint density at radius 1 is 1.13 bits per heavy atom. The van der Waals surface area contributed by atoms with E-state index < -0.39 is 10.0 Å². The Hall–Kier alpha value is -1.85. The van der Waals surface area contributed by atoms with Crippen molar-refractivity contribution in [2.45, 2.75) is 42.7 Å². The number of hydrogen-bond donors (Lipinski definition) is 2. The van der Waals surface area contributed by atoms with Crippen LogP contribution in [0, 0.1) is 0 Å². The number of fused-ring (bicyclic) bond motifs is 3. The van der Waals surface area contributed by atoms with Gasteiger partial charge in [0.25, 0.3) is 0 Å². The van der Waals surface area contributed by atoms with E-state index in [0.717, 1.165) is 65.3 Å². The van der Waals surface area contributed by atoms with Gasteiger partial charge in [-0.05, 0) is 50.9 Å². The molecule has 2 fully saturated rings. The summed E-state index contributed by atoms with van der Waals surface area (Å²) in [5.41, 5.74) is 0. The summed E-state index contributed by atoms with van der Waals surface area (Å²) in [6.07, 6.45) is 6.11. The number of anilines is 1. The van der Waals surface area contributed by atoms with Crippen molar-refractivity contribution in [3.63, 3.8) is 0 Å². The zero-order chi connectivity index (χ0) is 21.4. The minimum Gasteiger partial charge on any atom is -0.379 e. The summed E-state index contributed by atoms with van der Waals surface area (Å²) in [6.45, 7) is 3.75. The van der Waals surface area contributed by atoms with Gasteiger partial charge < -0.3 is 10.1 Å². The molecule has 2 aromatic heterocycles. The van der Waals surface area contributed by atoms with Gasteiger partial charge in [0.1, 0.15) is 17.0 Å². The van der Waals surface area contributed by atoms with Crippen molar-refractivity contribution in [1.29, 1.82) is 0 Å². The molecule has 1 aliphatic carbocycles. The second kappa shape index (κ2) is 8.59. The maximum Gasteiger partial charge on any atom is 0.240 e. The minimum absolute atomic E-state index is 0.253. The molecule has 31 heavy (non-hydrogen) atoms. The van der Waals surface area contributed by atoms with Gasteiger partial charge in [-0.15, -0.1) is 11.3 Å². The van der Waals surface area contributed by atoms with Crippen molar-refractivity contribution in [2.24, 2.45) is 0 Å². The van der Waals surface area contributed by atoms with Gasteiger partial charge in [-0.1, -0.05) is 0 Å². The number of nitrogens with zero attached hydrogens (tertiary/aromatic N) is 3. The summed E-state index contributed by atoms with van der Waals surface area (Å²) in [7, 11) is -2.09. The van der Waals surface area contributed by atoms with Crippen molar-refractivity contribution in [2.75, 3.05) is 38.7 Å². The number of nitrogens with one attached hydrogen (secondary N) is 2. The van der Waals surface area contributed by atoms with Crippen molar-refractivity contribution < 1.29 is 13.2 Å². The number of sulfonamides is 1. The number of ether oxygens (including phenoxy) is 1. The highest BCUT2D eigenvalue weighted by Crippen LogP contribution is 2.38. The second-order valence-electron chi connectivity index (χ2n) is 8.17. The highest BCUT2D eigenvalue weighted by Gasteiger charge is 2.27. The number of rotatable bonds is 5. The average Bonchev–Trinajstić information content (AvgIpc) is 3.19. The zero-order valence-electron chi connectivity index (χ0n) is 17.5. The van der Waals surface area contributed by atoms with E-state index in [0.29, 0.717) is 12.1 Å². The van der Waals surface area contributed by atoms with Gasteiger partial charge in [-0.2, -0.15) is 0 Å². The molecule has 2 N–H and O–H groups in total. The smallest absolute Gasteiger partial charge is 0.240 e. The Labute approximate surface area is 186 Å². The van der Waals surface area contributed by atoms with Crippen LogP contribution in [0.5, 0.6) is 0 Å². The minimum atomic E-state index is -3.51. The van der Waals surface area contributed by atoms with Crippen molar-refractivity contribution in [1.82, 2.24) is 19.6 Å². The zero-order valence-corrected chi connectivity index (χ0v) is 19.1. The molecule has 0 amide bonds. The number of thiophene rings is 1. The molecule has 0 atom stereocenters. The lowest BCUT2D eigenvalue weighted by atomic mass is 9.90. The predicted molar refractivity (Wildman–Crippen MR) is 123 cm³/mol. The first-order valence-electron chi connectivity index (χ1n) is 10.7. The molecule has 2 aliphatic rings. The number of benzene rings is 1. The van der Waals surface area contributed by atoms with E-state index in [1.54, 1.807) is 29.8 Å². The van der Waals surface area contributed by atoms with Gasteiger partial charge in [-0.3, -0.25) is 4.90 Å². The average molecular weight is 462 g/mol. The van der Waals surface area contributed by atoms with Crippen LogP contribution >= 0.6 is 11.3 Å². The molecule has 1 aliphatic heterocycles. The van der Waals surface area contributed by atoms with E-state index in [1.165, 1.54) is 19.9 Å². The van der Waals surface area contributed by atoms with Crippen LogP contribution in [0.1, 0.15) is 25.7 Å². The van der Waals surface area contributed by atoms with Crippen LogP contribution in [0.25, 0.3) is 20.3 Å². The summed E-state index contributed by atoms with van der Waals surface area (Å²) in [5, 5.41) is 5.43. The van der Waals surface area contributed by atoms with Gasteiger partial charge in [0, 0.05) is 35.3 Å². The maximum absolute atomic E-state index is 12.3. The van der Waals surface area contributed by atoms with E-state index in [1.807, 2.05) is 6.07 Å². The van der Waals surface area contributed by atoms with Crippen LogP contribution in [-0.2, 0) is 14.8 Å². The quantitative estimate of drug-likeness (QED) is 0.603. The third-order valence-electron chi connectivity index (χ3n) is 6.42. The summed E-state index contributed by atoms with van der Waals surface area (Å²) < 4.78 is 33.5. The summed E-state index contributed by atoms with van der Waals surface area (Å²) >= 11 is 1.56. The Kier molecular flexibility index (Phi) is 5.82. The number of morpholine rings is 1. The lowest BCUT2D eigenvalue weighted by molar-refractivity contribution is 0.00791. The molecule has 1 saturated carbocycles. The van der Waals surface area contributed by atoms with Crippen molar-refractivity contribution in [3.8, 4) is 0 Å². The van der Waals surface area contributed by atoms with Crippen LogP contribution in [0.3, 0.4) is 0 Å². The Balaban J connectivity index is 1.40. The molecule has 3 aromatic rings. The van der Waals surface area contributed by atoms with E-state index in [-0.39, 0.29) is 4.90 Å². The molecule has 0 bridgehead atoms. The first-order chi connectivity index (χ1) is 15.0. The van der Waals surface area contributed by atoms with Crippen LogP contribution in [0.4, 0.5) is 5.82 Å². The van der Waals surface area contributed by atoms with E-state index in [4.69, 9.17) is 4.74 Å². The van der Waals surface area contributed by atoms with Crippen molar-refractivity contribution in [3.05, 3.63) is 24.5 Å². The second-order valence-corrected chi connectivity index (χ2v) is 11.1. The summed E-state index contributed by atoms with van der Waals surface area (Å²) in [4.78, 5) is 12.7. The molecule has 1 saturated heterocycles. The third-order valence-corrected chi connectivity index (χ3v) is 8.91. The standard InChI is InChI=1S/C21H27N5O3S2/c1-22-31(27,28)16-6-7-18-17(12-16)19-20(23-13-24-21(19)30-18)25-14-2-4-15(5-3-14)26-8-10-29-11-9-26/h6-7,12-15,22H,2-5,8-11H2,1H3,(H,23,24,25)/t14-,15-. The molecule has 0 spiro atoms. The molecule has 5 rings (SSSR count). The number of aromatic nitrogens is 2. The van der Waals surface area contributed by atoms with Crippen LogP contribution < -0.4 is 10.0 Å². The largest absolute Gasteiger partial charge is 0.379 e. The molecule has 166 valence electrons. The van der Waals surface area contributed by atoms with Gasteiger partial charge in [0.2, 0.25) is 10.0 Å². The first kappa shape index (κ1) is 21.0. The normalized spacial score (nSPS) is 23.4. The lowest BCUT2D eigenvalue weighted by Crippen LogP contribution is -2.46. The molecule has 10 heteroatoms. The third kappa shape index (κ3) is 4.14. The van der Waals surface area contributed by atoms with Crippen LogP contribution in [0.2, 0.25) is 0 Å². The van der Waals surface area contributed by atoms with E-state index in [9.17, 15) is 8.42 Å². The fraction of sp³-hybridized carbons (Fsp3) is 0.524. The predicted octanol–water partition coefficient (Wildman–Crippen LogP) is 2.81. The topological polar surface area (TPSA) is 96.5 Å². The van der Waals surface area contributed by atoms with Gasteiger partial charge in [-0.25, -0.2) is 23.1 Å². The maximum atomic E-state index is 12.3. The van der Waals surface area contributed by atoms with Crippen molar-refractivity contribution >= 4 is 47.5 Å². The summed E-state index contributed by atoms with van der Waals surface area (Å²) in [5.74, 6) is 0.796. The molecular weight excluding hydrogens is 434 g/mol.